The van der Waals surface area contributed by atoms with Crippen LogP contribution in [0.4, 0.5) is 0 Å². The molecule has 0 radical (unpaired) electrons. The lowest BCUT2D eigenvalue weighted by atomic mass is 9.93. The van der Waals surface area contributed by atoms with Crippen molar-refractivity contribution in [3.8, 4) is 0 Å². The number of hydrogen-bond acceptors (Lipinski definition) is 6. The van der Waals surface area contributed by atoms with E-state index in [-0.39, 0.29) is 0 Å². The van der Waals surface area contributed by atoms with Crippen molar-refractivity contribution in [3.05, 3.63) is 0 Å². The Hall–Kier alpha value is -0.980. The highest BCUT2D eigenvalue weighted by atomic mass is 16.6. The molecule has 2 unspecified atom stereocenters. The number of ketones is 1. The molecule has 0 rings (SSSR count). The van der Waals surface area contributed by atoms with Gasteiger partial charge >= 0.3 is 5.97 Å². The smallest absolute Gasteiger partial charge is 0.317 e. The second kappa shape index (κ2) is 18.1. The Bertz CT molecular complexity index is 392. The fourth-order valence-corrected chi connectivity index (χ4v) is 3.24. The quantitative estimate of drug-likeness (QED) is 0.173. The number of hydrogen-bond donors (Lipinski definition) is 3. The predicted octanol–water partition coefficient (Wildman–Crippen LogP) is 3.54. The lowest BCUT2D eigenvalue weighted by molar-refractivity contribution is -0.162. The first kappa shape index (κ1) is 27.0. The number of rotatable bonds is 19. The maximum atomic E-state index is 12.2. The number of ether oxygens (including phenoxy) is 1. The summed E-state index contributed by atoms with van der Waals surface area (Å²) in [4.78, 5) is 24.3. The van der Waals surface area contributed by atoms with Crippen LogP contribution >= 0.6 is 0 Å². The highest BCUT2D eigenvalue weighted by Crippen LogP contribution is 2.18. The van der Waals surface area contributed by atoms with E-state index in [0.29, 0.717) is 12.8 Å². The van der Waals surface area contributed by atoms with Gasteiger partial charge in [0.25, 0.3) is 0 Å². The molecule has 0 aliphatic heterocycles. The number of unbranched alkanes of at least 4 members (excludes halogenated alkanes) is 11. The normalized spacial score (nSPS) is 13.5. The zero-order chi connectivity index (χ0) is 21.2. The van der Waals surface area contributed by atoms with E-state index in [1.807, 2.05) is 0 Å². The molecule has 3 N–H and O–H groups in total. The highest BCUT2D eigenvalue weighted by molar-refractivity contribution is 6.01. The van der Waals surface area contributed by atoms with Gasteiger partial charge in [0.15, 0.2) is 5.78 Å². The maximum Gasteiger partial charge on any atom is 0.317 e. The predicted molar refractivity (Wildman–Crippen MR) is 110 cm³/mol. The van der Waals surface area contributed by atoms with Crippen LogP contribution in [0.15, 0.2) is 0 Å². The van der Waals surface area contributed by atoms with Gasteiger partial charge in [-0.3, -0.25) is 9.59 Å². The molecule has 0 aromatic rings. The summed E-state index contributed by atoms with van der Waals surface area (Å²) in [5, 5.41) is 27.6. The molecule has 0 saturated heterocycles. The molecule has 28 heavy (non-hydrogen) atoms. The standard InChI is InChI=1S/C22H42O6/c1-3-4-5-6-7-8-9-10-11-12-13-14-15-20(21(26)18(2)25)22(27)28-19(16-23)17-24/h18-20,23-25H,3-17H2,1-2H3. The lowest BCUT2D eigenvalue weighted by Gasteiger charge is -2.19. The summed E-state index contributed by atoms with van der Waals surface area (Å²) < 4.78 is 4.97. The summed E-state index contributed by atoms with van der Waals surface area (Å²) >= 11 is 0. The second-order valence-electron chi connectivity index (χ2n) is 7.73. The molecule has 6 nitrogen and oxygen atoms in total. The van der Waals surface area contributed by atoms with Crippen molar-refractivity contribution < 1.29 is 29.6 Å². The Balaban J connectivity index is 4.00. The van der Waals surface area contributed by atoms with Crippen LogP contribution in [0.25, 0.3) is 0 Å². The minimum Gasteiger partial charge on any atom is -0.457 e. The summed E-state index contributed by atoms with van der Waals surface area (Å²) in [6.45, 7) is 2.56. The number of carbonyl (C=O) groups is 2. The van der Waals surface area contributed by atoms with Crippen LogP contribution in [0.1, 0.15) is 97.3 Å². The second-order valence-corrected chi connectivity index (χ2v) is 7.73. The minimum absolute atomic E-state index is 0.323. The first-order chi connectivity index (χ1) is 13.5. The van der Waals surface area contributed by atoms with Crippen molar-refractivity contribution in [1.82, 2.24) is 0 Å². The van der Waals surface area contributed by atoms with Crippen LogP contribution < -0.4 is 0 Å². The van der Waals surface area contributed by atoms with E-state index >= 15 is 0 Å². The SMILES string of the molecule is CCCCCCCCCCCCCCC(C(=O)OC(CO)CO)C(=O)C(C)O. The summed E-state index contributed by atoms with van der Waals surface area (Å²) in [5.74, 6) is -2.38. The zero-order valence-electron chi connectivity index (χ0n) is 17.9. The monoisotopic (exact) mass is 402 g/mol. The number of esters is 1. The Morgan fingerprint density at radius 2 is 1.21 bits per heavy atom. The highest BCUT2D eigenvalue weighted by Gasteiger charge is 2.31. The van der Waals surface area contributed by atoms with Crippen molar-refractivity contribution in [3.63, 3.8) is 0 Å². The van der Waals surface area contributed by atoms with Crippen LogP contribution in [0, 0.1) is 5.92 Å². The van der Waals surface area contributed by atoms with Crippen molar-refractivity contribution >= 4 is 11.8 Å². The van der Waals surface area contributed by atoms with Crippen LogP contribution in [0.3, 0.4) is 0 Å². The topological polar surface area (TPSA) is 104 Å². The van der Waals surface area contributed by atoms with Crippen LogP contribution in [0.5, 0.6) is 0 Å². The van der Waals surface area contributed by atoms with Gasteiger partial charge in [-0.15, -0.1) is 0 Å². The van der Waals surface area contributed by atoms with E-state index in [1.54, 1.807) is 0 Å². The largest absolute Gasteiger partial charge is 0.457 e. The molecule has 0 aliphatic rings. The number of carbonyl (C=O) groups excluding carboxylic acids is 2. The molecule has 0 aromatic heterocycles. The van der Waals surface area contributed by atoms with E-state index in [4.69, 9.17) is 14.9 Å². The fraction of sp³-hybridized carbons (Fsp3) is 0.909. The molecule has 0 fully saturated rings. The average molecular weight is 403 g/mol. The molecule has 0 aromatic carbocycles. The molecular formula is C22H42O6. The van der Waals surface area contributed by atoms with E-state index in [9.17, 15) is 14.7 Å². The van der Waals surface area contributed by atoms with Crippen LogP contribution in [0.2, 0.25) is 0 Å². The first-order valence-electron chi connectivity index (χ1n) is 11.1. The summed E-state index contributed by atoms with van der Waals surface area (Å²) in [6, 6.07) is 0. The summed E-state index contributed by atoms with van der Waals surface area (Å²) in [6.07, 6.45) is 12.4. The summed E-state index contributed by atoms with van der Waals surface area (Å²) in [7, 11) is 0. The Labute approximate surface area is 170 Å². The van der Waals surface area contributed by atoms with Gasteiger partial charge in [-0.1, -0.05) is 84.0 Å². The molecule has 6 heteroatoms. The molecule has 0 aliphatic carbocycles. The van der Waals surface area contributed by atoms with E-state index in [2.05, 4.69) is 6.92 Å². The third kappa shape index (κ3) is 13.2. The number of aliphatic hydroxyl groups is 3. The fourth-order valence-electron chi connectivity index (χ4n) is 3.24. The zero-order valence-corrected chi connectivity index (χ0v) is 17.9. The van der Waals surface area contributed by atoms with Gasteiger partial charge in [0.1, 0.15) is 18.1 Å². The molecule has 166 valence electrons. The summed E-state index contributed by atoms with van der Waals surface area (Å²) in [5.41, 5.74) is 0. The van der Waals surface area contributed by atoms with Gasteiger partial charge in [-0.05, 0) is 13.3 Å². The average Bonchev–Trinajstić information content (AvgIpc) is 2.69. The maximum absolute atomic E-state index is 12.2. The molecule has 2 atom stereocenters. The number of Topliss-reactive ketones (excluding diaryl/α,β-unsaturated/α-hetero) is 1. The van der Waals surface area contributed by atoms with E-state index in [1.165, 1.54) is 58.3 Å². The van der Waals surface area contributed by atoms with Crippen molar-refractivity contribution in [2.45, 2.75) is 110 Å². The van der Waals surface area contributed by atoms with Crippen molar-refractivity contribution in [2.24, 2.45) is 5.92 Å². The minimum atomic E-state index is -1.24. The third-order valence-corrected chi connectivity index (χ3v) is 5.08. The van der Waals surface area contributed by atoms with Gasteiger partial charge in [0.2, 0.25) is 0 Å². The Kier molecular flexibility index (Phi) is 17.4. The molecule has 0 saturated carbocycles. The lowest BCUT2D eigenvalue weighted by Crippen LogP contribution is -2.36. The Morgan fingerprint density at radius 3 is 1.61 bits per heavy atom. The third-order valence-electron chi connectivity index (χ3n) is 5.08. The number of aliphatic hydroxyl groups excluding tert-OH is 3. The molecule has 0 bridgehead atoms. The van der Waals surface area contributed by atoms with Gasteiger partial charge in [0, 0.05) is 0 Å². The molecule has 0 heterocycles. The van der Waals surface area contributed by atoms with Gasteiger partial charge in [0.05, 0.1) is 13.2 Å². The van der Waals surface area contributed by atoms with Gasteiger partial charge < -0.3 is 20.1 Å². The van der Waals surface area contributed by atoms with E-state index in [0.717, 1.165) is 19.3 Å². The van der Waals surface area contributed by atoms with Gasteiger partial charge in [-0.2, -0.15) is 0 Å². The van der Waals surface area contributed by atoms with Crippen molar-refractivity contribution in [1.29, 1.82) is 0 Å². The Morgan fingerprint density at radius 1 is 0.786 bits per heavy atom. The molecular weight excluding hydrogens is 360 g/mol. The van der Waals surface area contributed by atoms with Crippen molar-refractivity contribution in [2.75, 3.05) is 13.2 Å². The van der Waals surface area contributed by atoms with Crippen LogP contribution in [-0.2, 0) is 14.3 Å². The molecule has 0 amide bonds. The van der Waals surface area contributed by atoms with Gasteiger partial charge in [-0.25, -0.2) is 0 Å². The van der Waals surface area contributed by atoms with Crippen LogP contribution in [-0.4, -0.2) is 52.5 Å². The molecule has 0 spiro atoms. The van der Waals surface area contributed by atoms with E-state index < -0.39 is 43.1 Å². The first-order valence-corrected chi connectivity index (χ1v) is 11.1.